The van der Waals surface area contributed by atoms with Gasteiger partial charge in [-0.3, -0.25) is 4.79 Å². The fourth-order valence-corrected chi connectivity index (χ4v) is 2.05. The van der Waals surface area contributed by atoms with E-state index in [0.29, 0.717) is 15.6 Å². The summed E-state index contributed by atoms with van der Waals surface area (Å²) in [5.74, 6) is -1.32. The Bertz CT molecular complexity index is 692. The van der Waals surface area contributed by atoms with Crippen LogP contribution in [0.15, 0.2) is 41.3 Å². The van der Waals surface area contributed by atoms with Crippen LogP contribution in [0.2, 0.25) is 10.0 Å². The third-order valence-electron chi connectivity index (χ3n) is 2.55. The number of aromatic carboxylic acids is 1. The van der Waals surface area contributed by atoms with Crippen molar-refractivity contribution in [3.8, 4) is 0 Å². The molecule has 0 radical (unpaired) electrons. The summed E-state index contributed by atoms with van der Waals surface area (Å²) >= 11 is 11.9. The van der Waals surface area contributed by atoms with Gasteiger partial charge in [0.05, 0.1) is 0 Å². The monoisotopic (exact) mass is 313 g/mol. The van der Waals surface area contributed by atoms with E-state index in [0.717, 1.165) is 4.73 Å². The van der Waals surface area contributed by atoms with E-state index in [1.165, 1.54) is 18.3 Å². The molecular formula is C13H9Cl2NO4. The number of carboxylic acids is 1. The van der Waals surface area contributed by atoms with Crippen molar-refractivity contribution in [2.24, 2.45) is 0 Å². The summed E-state index contributed by atoms with van der Waals surface area (Å²) in [6.45, 7) is -0.0541. The Hall–Kier alpha value is -1.98. The van der Waals surface area contributed by atoms with E-state index >= 15 is 0 Å². The summed E-state index contributed by atoms with van der Waals surface area (Å²) in [6.07, 6.45) is 1.32. The maximum absolute atomic E-state index is 11.8. The predicted molar refractivity (Wildman–Crippen MR) is 74.4 cm³/mol. The zero-order valence-corrected chi connectivity index (χ0v) is 11.6. The molecule has 20 heavy (non-hydrogen) atoms. The van der Waals surface area contributed by atoms with Crippen LogP contribution in [-0.4, -0.2) is 15.8 Å². The lowest BCUT2D eigenvalue weighted by Gasteiger charge is -2.11. The molecule has 1 heterocycles. The second-order valence-electron chi connectivity index (χ2n) is 3.83. The Kier molecular flexibility index (Phi) is 4.32. The first-order valence-electron chi connectivity index (χ1n) is 5.52. The highest BCUT2D eigenvalue weighted by atomic mass is 35.5. The third-order valence-corrected chi connectivity index (χ3v) is 3.26. The lowest BCUT2D eigenvalue weighted by atomic mass is 10.2. The Labute approximate surface area is 123 Å². The summed E-state index contributed by atoms with van der Waals surface area (Å²) in [5.41, 5.74) is -0.621. The number of benzene rings is 1. The second kappa shape index (κ2) is 5.98. The number of carbonyl (C=O) groups is 1. The van der Waals surface area contributed by atoms with Crippen LogP contribution in [-0.2, 0) is 6.61 Å². The normalized spacial score (nSPS) is 10.3. The van der Waals surface area contributed by atoms with E-state index in [4.69, 9.17) is 33.1 Å². The van der Waals surface area contributed by atoms with Crippen molar-refractivity contribution in [1.29, 1.82) is 0 Å². The van der Waals surface area contributed by atoms with Crippen LogP contribution in [0.1, 0.15) is 15.9 Å². The van der Waals surface area contributed by atoms with Crippen LogP contribution in [0, 0.1) is 0 Å². The number of rotatable bonds is 4. The van der Waals surface area contributed by atoms with E-state index in [2.05, 4.69) is 0 Å². The molecule has 2 rings (SSSR count). The van der Waals surface area contributed by atoms with Crippen molar-refractivity contribution in [2.75, 3.05) is 0 Å². The molecule has 104 valence electrons. The van der Waals surface area contributed by atoms with E-state index in [9.17, 15) is 9.59 Å². The molecule has 5 nitrogen and oxygen atoms in total. The Morgan fingerprint density at radius 3 is 2.45 bits per heavy atom. The molecular weight excluding hydrogens is 305 g/mol. The van der Waals surface area contributed by atoms with Crippen molar-refractivity contribution in [3.63, 3.8) is 0 Å². The van der Waals surface area contributed by atoms with Gasteiger partial charge in [-0.2, -0.15) is 4.73 Å². The lowest BCUT2D eigenvalue weighted by Crippen LogP contribution is -2.30. The summed E-state index contributed by atoms with van der Waals surface area (Å²) in [4.78, 5) is 27.9. The number of carboxylic acid groups (broad SMARTS) is 1. The van der Waals surface area contributed by atoms with Crippen molar-refractivity contribution >= 4 is 29.2 Å². The largest absolute Gasteiger partial charge is 0.477 e. The zero-order valence-electron chi connectivity index (χ0n) is 10.0. The smallest absolute Gasteiger partial charge is 0.341 e. The number of aromatic nitrogens is 1. The van der Waals surface area contributed by atoms with Crippen LogP contribution in [0.5, 0.6) is 0 Å². The summed E-state index contributed by atoms with van der Waals surface area (Å²) in [6, 6.07) is 7.57. The zero-order chi connectivity index (χ0) is 14.7. The molecule has 0 spiro atoms. The van der Waals surface area contributed by atoms with Gasteiger partial charge in [-0.25, -0.2) is 4.79 Å². The summed E-state index contributed by atoms with van der Waals surface area (Å²) in [7, 11) is 0. The molecule has 0 unspecified atom stereocenters. The van der Waals surface area contributed by atoms with Gasteiger partial charge in [0.25, 0.3) is 5.56 Å². The van der Waals surface area contributed by atoms with Crippen LogP contribution >= 0.6 is 23.2 Å². The first-order chi connectivity index (χ1) is 9.50. The van der Waals surface area contributed by atoms with E-state index < -0.39 is 11.5 Å². The Balaban J connectivity index is 2.26. The van der Waals surface area contributed by atoms with E-state index in [1.54, 1.807) is 18.2 Å². The van der Waals surface area contributed by atoms with Gasteiger partial charge in [-0.15, -0.1) is 0 Å². The molecule has 1 aromatic carbocycles. The Morgan fingerprint density at radius 2 is 1.85 bits per heavy atom. The molecule has 0 saturated heterocycles. The standard InChI is InChI=1S/C13H9Cl2NO4/c14-10-4-1-5-11(15)9(10)7-20-16-6-2-3-8(12(16)17)13(18)19/h1-6H,7H2,(H,18,19). The molecule has 0 atom stereocenters. The first kappa shape index (κ1) is 14.4. The maximum atomic E-state index is 11.8. The predicted octanol–water partition coefficient (Wildman–Crippen LogP) is 2.48. The van der Waals surface area contributed by atoms with Gasteiger partial charge < -0.3 is 9.94 Å². The summed E-state index contributed by atoms with van der Waals surface area (Å²) in [5, 5.41) is 9.66. The molecule has 7 heteroatoms. The molecule has 0 aliphatic carbocycles. The van der Waals surface area contributed by atoms with E-state index in [1.807, 2.05) is 0 Å². The third kappa shape index (κ3) is 2.95. The van der Waals surface area contributed by atoms with Gasteiger partial charge in [0.15, 0.2) is 0 Å². The van der Waals surface area contributed by atoms with Crippen LogP contribution in [0.4, 0.5) is 0 Å². The molecule has 2 aromatic rings. The average molecular weight is 314 g/mol. The molecule has 1 N–H and O–H groups in total. The van der Waals surface area contributed by atoms with E-state index in [-0.39, 0.29) is 12.2 Å². The fourth-order valence-electron chi connectivity index (χ4n) is 1.54. The molecule has 0 bridgehead atoms. The van der Waals surface area contributed by atoms with Crippen molar-refractivity contribution in [2.45, 2.75) is 6.61 Å². The molecule has 0 aliphatic heterocycles. The minimum absolute atomic E-state index is 0.0541. The number of nitrogens with zero attached hydrogens (tertiary/aromatic N) is 1. The van der Waals surface area contributed by atoms with Crippen molar-refractivity contribution in [3.05, 3.63) is 68.1 Å². The van der Waals surface area contributed by atoms with Crippen LogP contribution in [0.25, 0.3) is 0 Å². The van der Waals surface area contributed by atoms with Gasteiger partial charge in [-0.05, 0) is 24.3 Å². The number of hydrogen-bond donors (Lipinski definition) is 1. The van der Waals surface area contributed by atoms with Crippen molar-refractivity contribution < 1.29 is 14.7 Å². The highest BCUT2D eigenvalue weighted by Gasteiger charge is 2.12. The first-order valence-corrected chi connectivity index (χ1v) is 6.27. The topological polar surface area (TPSA) is 68.5 Å². The maximum Gasteiger partial charge on any atom is 0.341 e. The molecule has 0 aliphatic rings. The van der Waals surface area contributed by atoms with Gasteiger partial charge in [-0.1, -0.05) is 29.3 Å². The molecule has 1 aromatic heterocycles. The molecule has 0 amide bonds. The van der Waals surface area contributed by atoms with Gasteiger partial charge >= 0.3 is 5.97 Å². The quantitative estimate of drug-likeness (QED) is 0.941. The van der Waals surface area contributed by atoms with Gasteiger partial charge in [0.2, 0.25) is 0 Å². The van der Waals surface area contributed by atoms with Gasteiger partial charge in [0.1, 0.15) is 12.2 Å². The highest BCUT2D eigenvalue weighted by molar-refractivity contribution is 6.35. The SMILES string of the molecule is O=C(O)c1cccn(OCc2c(Cl)cccc2Cl)c1=O. The number of halogens is 2. The summed E-state index contributed by atoms with van der Waals surface area (Å²) < 4.78 is 0.836. The average Bonchev–Trinajstić information content (AvgIpc) is 2.39. The van der Waals surface area contributed by atoms with Crippen LogP contribution < -0.4 is 10.4 Å². The molecule has 0 saturated carbocycles. The van der Waals surface area contributed by atoms with Gasteiger partial charge in [0, 0.05) is 21.8 Å². The minimum atomic E-state index is -1.32. The number of hydrogen-bond acceptors (Lipinski definition) is 3. The minimum Gasteiger partial charge on any atom is -0.477 e. The fraction of sp³-hybridized carbons (Fsp3) is 0.0769. The Morgan fingerprint density at radius 1 is 1.20 bits per heavy atom. The van der Waals surface area contributed by atoms with Crippen LogP contribution in [0.3, 0.4) is 0 Å². The number of pyridine rings is 1. The van der Waals surface area contributed by atoms with Crippen molar-refractivity contribution in [1.82, 2.24) is 4.73 Å². The highest BCUT2D eigenvalue weighted by Crippen LogP contribution is 2.24. The second-order valence-corrected chi connectivity index (χ2v) is 4.65. The lowest BCUT2D eigenvalue weighted by molar-refractivity contribution is 0.0668. The molecule has 0 fully saturated rings.